The van der Waals surface area contributed by atoms with Gasteiger partial charge < -0.3 is 14.2 Å². The van der Waals surface area contributed by atoms with E-state index in [0.717, 1.165) is 12.0 Å². The van der Waals surface area contributed by atoms with E-state index >= 15 is 0 Å². The van der Waals surface area contributed by atoms with E-state index in [1.807, 2.05) is 24.3 Å². The standard InChI is InChI=1S/C19H20Cl2O3/c1-3-6-14-9-10-17(18(13-14)22-2)23-11-5-12-24-19-15(20)7-4-8-16(19)21/h3-4,7-10,13H,1,5-6,11-12H2,2H3. The highest BCUT2D eigenvalue weighted by Gasteiger charge is 2.07. The first kappa shape index (κ1) is 18.5. The van der Waals surface area contributed by atoms with Crippen LogP contribution in [0.4, 0.5) is 0 Å². The van der Waals surface area contributed by atoms with Crippen molar-refractivity contribution in [2.24, 2.45) is 0 Å². The lowest BCUT2D eigenvalue weighted by atomic mass is 10.1. The summed E-state index contributed by atoms with van der Waals surface area (Å²) in [6.45, 7) is 4.69. The number of para-hydroxylation sites is 1. The Morgan fingerprint density at radius 2 is 1.71 bits per heavy atom. The molecule has 2 aromatic carbocycles. The molecule has 0 bridgehead atoms. The third kappa shape index (κ3) is 5.08. The van der Waals surface area contributed by atoms with Gasteiger partial charge in [-0.05, 0) is 36.2 Å². The zero-order chi connectivity index (χ0) is 17.4. The van der Waals surface area contributed by atoms with Gasteiger partial charge in [0, 0.05) is 6.42 Å². The second-order valence-corrected chi connectivity index (χ2v) is 5.89. The molecule has 24 heavy (non-hydrogen) atoms. The highest BCUT2D eigenvalue weighted by Crippen LogP contribution is 2.32. The van der Waals surface area contributed by atoms with Gasteiger partial charge in [0.05, 0.1) is 30.4 Å². The Morgan fingerprint density at radius 3 is 2.38 bits per heavy atom. The Hall–Kier alpha value is -1.84. The van der Waals surface area contributed by atoms with E-state index in [1.54, 1.807) is 25.3 Å². The summed E-state index contributed by atoms with van der Waals surface area (Å²) in [6, 6.07) is 11.1. The summed E-state index contributed by atoms with van der Waals surface area (Å²) in [5, 5.41) is 1.01. The number of ether oxygens (including phenoxy) is 3. The molecule has 2 aromatic rings. The van der Waals surface area contributed by atoms with Gasteiger partial charge in [0.25, 0.3) is 0 Å². The Morgan fingerprint density at radius 1 is 1.00 bits per heavy atom. The first-order chi connectivity index (χ1) is 11.7. The van der Waals surface area contributed by atoms with E-state index < -0.39 is 0 Å². The second-order valence-electron chi connectivity index (χ2n) is 5.08. The molecule has 0 aliphatic rings. The Bertz CT molecular complexity index is 666. The first-order valence-electron chi connectivity index (χ1n) is 7.63. The van der Waals surface area contributed by atoms with Crippen molar-refractivity contribution in [3.8, 4) is 17.2 Å². The molecule has 0 fully saturated rings. The number of benzene rings is 2. The van der Waals surface area contributed by atoms with E-state index in [-0.39, 0.29) is 0 Å². The predicted molar refractivity (Wildman–Crippen MR) is 99.0 cm³/mol. The number of hydrogen-bond acceptors (Lipinski definition) is 3. The molecule has 0 aromatic heterocycles. The molecule has 0 atom stereocenters. The quantitative estimate of drug-likeness (QED) is 0.428. The summed E-state index contributed by atoms with van der Waals surface area (Å²) in [7, 11) is 1.63. The van der Waals surface area contributed by atoms with Gasteiger partial charge in [-0.15, -0.1) is 6.58 Å². The largest absolute Gasteiger partial charge is 0.493 e. The van der Waals surface area contributed by atoms with Crippen molar-refractivity contribution in [1.29, 1.82) is 0 Å². The Kier molecular flexibility index (Phi) is 7.29. The van der Waals surface area contributed by atoms with E-state index in [2.05, 4.69) is 6.58 Å². The average Bonchev–Trinajstić information content (AvgIpc) is 2.58. The van der Waals surface area contributed by atoms with Gasteiger partial charge in [-0.1, -0.05) is 41.4 Å². The fraction of sp³-hybridized carbons (Fsp3) is 0.263. The van der Waals surface area contributed by atoms with Crippen molar-refractivity contribution in [2.75, 3.05) is 20.3 Å². The summed E-state index contributed by atoms with van der Waals surface area (Å²) in [4.78, 5) is 0. The summed E-state index contributed by atoms with van der Waals surface area (Å²) >= 11 is 12.1. The van der Waals surface area contributed by atoms with Gasteiger partial charge in [-0.3, -0.25) is 0 Å². The number of rotatable bonds is 9. The summed E-state index contributed by atoms with van der Waals surface area (Å²) in [5.41, 5.74) is 1.13. The van der Waals surface area contributed by atoms with Crippen molar-refractivity contribution in [1.82, 2.24) is 0 Å². The minimum atomic E-state index is 0.459. The van der Waals surface area contributed by atoms with E-state index in [4.69, 9.17) is 37.4 Å². The zero-order valence-electron chi connectivity index (χ0n) is 13.6. The lowest BCUT2D eigenvalue weighted by Gasteiger charge is -2.13. The molecule has 5 heteroatoms. The highest BCUT2D eigenvalue weighted by molar-refractivity contribution is 6.37. The maximum absolute atomic E-state index is 6.05. The molecule has 0 saturated heterocycles. The van der Waals surface area contributed by atoms with E-state index in [0.29, 0.717) is 46.9 Å². The van der Waals surface area contributed by atoms with Crippen LogP contribution in [0.3, 0.4) is 0 Å². The molecular weight excluding hydrogens is 347 g/mol. The lowest BCUT2D eigenvalue weighted by molar-refractivity contribution is 0.240. The molecule has 0 unspecified atom stereocenters. The first-order valence-corrected chi connectivity index (χ1v) is 8.38. The topological polar surface area (TPSA) is 27.7 Å². The molecule has 3 nitrogen and oxygen atoms in total. The van der Waals surface area contributed by atoms with Gasteiger partial charge in [-0.2, -0.15) is 0 Å². The molecule has 0 aliphatic heterocycles. The molecule has 0 heterocycles. The molecule has 128 valence electrons. The van der Waals surface area contributed by atoms with Crippen LogP contribution < -0.4 is 14.2 Å². The van der Waals surface area contributed by atoms with E-state index in [9.17, 15) is 0 Å². The maximum atomic E-state index is 6.05. The summed E-state index contributed by atoms with van der Waals surface area (Å²) < 4.78 is 16.8. The fourth-order valence-electron chi connectivity index (χ4n) is 2.16. The number of allylic oxidation sites excluding steroid dienone is 1. The van der Waals surface area contributed by atoms with Gasteiger partial charge in [-0.25, -0.2) is 0 Å². The van der Waals surface area contributed by atoms with Gasteiger partial charge in [0.2, 0.25) is 0 Å². The number of hydrogen-bond donors (Lipinski definition) is 0. The smallest absolute Gasteiger partial charge is 0.161 e. The van der Waals surface area contributed by atoms with Gasteiger partial charge in [0.15, 0.2) is 17.2 Å². The highest BCUT2D eigenvalue weighted by atomic mass is 35.5. The fourth-order valence-corrected chi connectivity index (χ4v) is 2.67. The summed E-state index contributed by atoms with van der Waals surface area (Å²) in [6.07, 6.45) is 3.34. The van der Waals surface area contributed by atoms with Crippen LogP contribution in [0.2, 0.25) is 10.0 Å². The molecule has 0 N–H and O–H groups in total. The van der Waals surface area contributed by atoms with Crippen LogP contribution in [-0.4, -0.2) is 20.3 Å². The average molecular weight is 367 g/mol. The predicted octanol–water partition coefficient (Wildman–Crippen LogP) is 5.58. The molecule has 0 spiro atoms. The third-order valence-electron chi connectivity index (χ3n) is 3.32. The van der Waals surface area contributed by atoms with Crippen LogP contribution in [-0.2, 0) is 6.42 Å². The number of halogens is 2. The van der Waals surface area contributed by atoms with Crippen molar-refractivity contribution in [2.45, 2.75) is 12.8 Å². The van der Waals surface area contributed by atoms with Crippen molar-refractivity contribution in [3.05, 3.63) is 64.7 Å². The Labute approximate surface area is 152 Å². The zero-order valence-corrected chi connectivity index (χ0v) is 15.1. The molecule has 0 saturated carbocycles. The van der Waals surface area contributed by atoms with Crippen LogP contribution in [0, 0.1) is 0 Å². The van der Waals surface area contributed by atoms with Crippen molar-refractivity contribution in [3.63, 3.8) is 0 Å². The molecule has 2 rings (SSSR count). The molecule has 0 aliphatic carbocycles. The van der Waals surface area contributed by atoms with Crippen LogP contribution in [0.25, 0.3) is 0 Å². The van der Waals surface area contributed by atoms with Crippen LogP contribution in [0.15, 0.2) is 49.1 Å². The van der Waals surface area contributed by atoms with Gasteiger partial charge in [0.1, 0.15) is 0 Å². The van der Waals surface area contributed by atoms with Gasteiger partial charge >= 0.3 is 0 Å². The van der Waals surface area contributed by atoms with Crippen LogP contribution in [0.5, 0.6) is 17.2 Å². The van der Waals surface area contributed by atoms with E-state index in [1.165, 1.54) is 0 Å². The normalized spacial score (nSPS) is 10.3. The molecule has 0 amide bonds. The second kappa shape index (κ2) is 9.45. The lowest BCUT2D eigenvalue weighted by Crippen LogP contribution is -2.06. The van der Waals surface area contributed by atoms with Crippen LogP contribution >= 0.6 is 23.2 Å². The van der Waals surface area contributed by atoms with Crippen LogP contribution in [0.1, 0.15) is 12.0 Å². The van der Waals surface area contributed by atoms with Crippen molar-refractivity contribution >= 4 is 23.2 Å². The monoisotopic (exact) mass is 366 g/mol. The minimum absolute atomic E-state index is 0.459. The number of methoxy groups -OCH3 is 1. The minimum Gasteiger partial charge on any atom is -0.493 e. The Balaban J connectivity index is 1.83. The molecular formula is C19H20Cl2O3. The molecule has 0 radical (unpaired) electrons. The maximum Gasteiger partial charge on any atom is 0.161 e. The van der Waals surface area contributed by atoms with Crippen molar-refractivity contribution < 1.29 is 14.2 Å². The SMILES string of the molecule is C=CCc1ccc(OCCCOc2c(Cl)cccc2Cl)c(OC)c1. The third-order valence-corrected chi connectivity index (χ3v) is 3.91. The summed E-state index contributed by atoms with van der Waals surface area (Å²) in [5.74, 6) is 1.93.